The largest absolute Gasteiger partial charge is 0.495 e. The van der Waals surface area contributed by atoms with Crippen molar-refractivity contribution in [2.24, 2.45) is 17.3 Å². The van der Waals surface area contributed by atoms with E-state index in [4.69, 9.17) is 4.74 Å². The number of methoxy groups -OCH3 is 1. The molecule has 9 heteroatoms. The van der Waals surface area contributed by atoms with Crippen LogP contribution in [0, 0.1) is 17.3 Å². The molecule has 2 amide bonds. The number of benzene rings is 1. The van der Waals surface area contributed by atoms with Gasteiger partial charge in [0.25, 0.3) is 5.91 Å². The molecule has 0 aliphatic heterocycles. The number of carbonyl (C=O) groups is 3. The fourth-order valence-corrected chi connectivity index (χ4v) is 3.72. The molecule has 1 saturated carbocycles. The molecular weight excluding hydrogens is 370 g/mol. The number of carbonyl (C=O) groups excluding carboxylic acids is 2. The lowest BCUT2D eigenvalue weighted by atomic mass is 10.1. The Morgan fingerprint density at radius 3 is 2.52 bits per heavy atom. The van der Waals surface area contributed by atoms with Crippen LogP contribution in [-0.4, -0.2) is 35.0 Å². The van der Waals surface area contributed by atoms with Gasteiger partial charge in [0.15, 0.2) is 5.13 Å². The number of carboxylic acids is 1. The van der Waals surface area contributed by atoms with Crippen LogP contribution in [0.5, 0.6) is 5.75 Å². The third-order valence-electron chi connectivity index (χ3n) is 4.75. The van der Waals surface area contributed by atoms with Crippen molar-refractivity contribution in [3.8, 4) is 5.75 Å². The summed E-state index contributed by atoms with van der Waals surface area (Å²) in [4.78, 5) is 40.2. The van der Waals surface area contributed by atoms with E-state index in [1.165, 1.54) is 24.5 Å². The number of ether oxygens (including phenoxy) is 1. The smallest absolute Gasteiger partial charge is 0.307 e. The Balaban J connectivity index is 1.79. The Morgan fingerprint density at radius 2 is 1.96 bits per heavy atom. The number of thiazole rings is 1. The van der Waals surface area contributed by atoms with Crippen molar-refractivity contribution in [1.29, 1.82) is 0 Å². The van der Waals surface area contributed by atoms with Gasteiger partial charge in [-0.2, -0.15) is 0 Å². The number of amides is 2. The van der Waals surface area contributed by atoms with Crippen molar-refractivity contribution < 1.29 is 24.2 Å². The van der Waals surface area contributed by atoms with E-state index >= 15 is 0 Å². The number of nitrogens with one attached hydrogen (secondary N) is 2. The number of aliphatic carboxylic acids is 1. The summed E-state index contributed by atoms with van der Waals surface area (Å²) in [7, 11) is 1.45. The molecule has 1 aromatic heterocycles. The molecule has 0 unspecified atom stereocenters. The molecule has 1 aliphatic carbocycles. The fraction of sp³-hybridized carbons (Fsp3) is 0.333. The van der Waals surface area contributed by atoms with Crippen molar-refractivity contribution in [1.82, 2.24) is 4.98 Å². The summed E-state index contributed by atoms with van der Waals surface area (Å²) in [6.45, 7) is 3.48. The average molecular weight is 389 g/mol. The summed E-state index contributed by atoms with van der Waals surface area (Å²) < 4.78 is 5.24. The highest BCUT2D eigenvalue weighted by Gasteiger charge is 2.65. The second kappa shape index (κ2) is 6.99. The molecule has 8 nitrogen and oxygen atoms in total. The van der Waals surface area contributed by atoms with Crippen molar-refractivity contribution in [3.63, 3.8) is 0 Å². The lowest BCUT2D eigenvalue weighted by Crippen LogP contribution is -2.19. The van der Waals surface area contributed by atoms with Gasteiger partial charge in [-0.15, -0.1) is 11.3 Å². The van der Waals surface area contributed by atoms with Crippen LogP contribution in [0.2, 0.25) is 0 Å². The highest BCUT2D eigenvalue weighted by Crippen LogP contribution is 2.58. The molecule has 2 atom stereocenters. The zero-order valence-electron chi connectivity index (χ0n) is 15.0. The first-order valence-electron chi connectivity index (χ1n) is 8.18. The second-order valence-electron chi connectivity index (χ2n) is 6.81. The van der Waals surface area contributed by atoms with Crippen LogP contribution in [0.3, 0.4) is 0 Å². The lowest BCUT2D eigenvalue weighted by molar-refractivity contribution is -0.140. The van der Waals surface area contributed by atoms with Crippen molar-refractivity contribution in [2.75, 3.05) is 17.7 Å². The van der Waals surface area contributed by atoms with Crippen LogP contribution in [0.15, 0.2) is 29.8 Å². The number of nitrogens with zero attached hydrogens (tertiary/aromatic N) is 1. The van der Waals surface area contributed by atoms with E-state index in [1.54, 1.807) is 37.6 Å². The van der Waals surface area contributed by atoms with Gasteiger partial charge in [-0.3, -0.25) is 19.7 Å². The minimum absolute atomic E-state index is 0.307. The molecule has 3 rings (SSSR count). The lowest BCUT2D eigenvalue weighted by Gasteiger charge is -2.12. The SMILES string of the molecule is COc1ccc(C(=O)Nc2nccs2)cc1NC(=O)[C@@H]1[C@@H](C(=O)O)C1(C)C. The van der Waals surface area contributed by atoms with E-state index in [0.29, 0.717) is 22.1 Å². The summed E-state index contributed by atoms with van der Waals surface area (Å²) in [6.07, 6.45) is 1.58. The van der Waals surface area contributed by atoms with Crippen molar-refractivity contribution in [2.45, 2.75) is 13.8 Å². The maximum Gasteiger partial charge on any atom is 0.307 e. The number of rotatable bonds is 6. The number of carboxylic acid groups (broad SMARTS) is 1. The standard InChI is InChI=1S/C18H19N3O5S/c1-18(2)12(13(18)16(24)25)15(23)20-10-8-9(4-5-11(10)26-3)14(22)21-17-19-6-7-27-17/h4-8,12-13H,1-3H3,(H,20,23)(H,24,25)(H,19,21,22)/t12-,13-/m0/s1. The maximum absolute atomic E-state index is 12.6. The average Bonchev–Trinajstić information content (AvgIpc) is 2.93. The first-order chi connectivity index (χ1) is 12.8. The molecule has 0 spiro atoms. The minimum Gasteiger partial charge on any atom is -0.495 e. The molecule has 3 N–H and O–H groups in total. The van der Waals surface area contributed by atoms with Gasteiger partial charge in [0, 0.05) is 17.1 Å². The van der Waals surface area contributed by atoms with Crippen LogP contribution < -0.4 is 15.4 Å². The third kappa shape index (κ3) is 3.63. The molecule has 1 fully saturated rings. The number of aromatic nitrogens is 1. The maximum atomic E-state index is 12.6. The van der Waals surface area contributed by atoms with Gasteiger partial charge in [0.1, 0.15) is 5.75 Å². The summed E-state index contributed by atoms with van der Waals surface area (Å²) in [6, 6.07) is 4.63. The van der Waals surface area contributed by atoms with Crippen LogP contribution in [0.4, 0.5) is 10.8 Å². The van der Waals surface area contributed by atoms with Crippen molar-refractivity contribution >= 4 is 39.9 Å². The molecule has 1 aliphatic rings. The highest BCUT2D eigenvalue weighted by atomic mass is 32.1. The molecule has 27 heavy (non-hydrogen) atoms. The van der Waals surface area contributed by atoms with Crippen LogP contribution in [-0.2, 0) is 9.59 Å². The summed E-state index contributed by atoms with van der Waals surface area (Å²) >= 11 is 1.29. The Kier molecular flexibility index (Phi) is 4.88. The van der Waals surface area contributed by atoms with E-state index in [-0.39, 0.29) is 5.91 Å². The Hall–Kier alpha value is -2.94. The van der Waals surface area contributed by atoms with Gasteiger partial charge in [-0.05, 0) is 23.6 Å². The van der Waals surface area contributed by atoms with Gasteiger partial charge in [0.2, 0.25) is 5.91 Å². The van der Waals surface area contributed by atoms with Gasteiger partial charge >= 0.3 is 5.97 Å². The van der Waals surface area contributed by atoms with Crippen LogP contribution in [0.1, 0.15) is 24.2 Å². The third-order valence-corrected chi connectivity index (χ3v) is 5.44. The highest BCUT2D eigenvalue weighted by molar-refractivity contribution is 7.13. The molecule has 2 aromatic rings. The topological polar surface area (TPSA) is 118 Å². The Labute approximate surface area is 159 Å². The Bertz CT molecular complexity index is 894. The monoisotopic (exact) mass is 389 g/mol. The molecular formula is C18H19N3O5S. The molecule has 1 heterocycles. The summed E-state index contributed by atoms with van der Waals surface area (Å²) in [5.41, 5.74) is -0.00420. The molecule has 0 bridgehead atoms. The van der Waals surface area contributed by atoms with Gasteiger partial charge < -0.3 is 15.2 Å². The normalized spacial score (nSPS) is 19.8. The molecule has 1 aromatic carbocycles. The molecule has 0 radical (unpaired) electrons. The summed E-state index contributed by atoms with van der Waals surface area (Å²) in [5, 5.41) is 16.8. The van der Waals surface area contributed by atoms with Crippen LogP contribution >= 0.6 is 11.3 Å². The van der Waals surface area contributed by atoms with Gasteiger partial charge in [-0.25, -0.2) is 4.98 Å². The van der Waals surface area contributed by atoms with Crippen molar-refractivity contribution in [3.05, 3.63) is 35.3 Å². The molecule has 142 valence electrons. The number of anilines is 2. The molecule has 0 saturated heterocycles. The Morgan fingerprint density at radius 1 is 1.22 bits per heavy atom. The quantitative estimate of drug-likeness (QED) is 0.699. The predicted octanol–water partition coefficient (Wildman–Crippen LogP) is 2.70. The van der Waals surface area contributed by atoms with Gasteiger partial charge in [-0.1, -0.05) is 13.8 Å². The first kappa shape index (κ1) is 18.8. The van der Waals surface area contributed by atoms with E-state index in [1.807, 2.05) is 0 Å². The van der Waals surface area contributed by atoms with Crippen LogP contribution in [0.25, 0.3) is 0 Å². The second-order valence-corrected chi connectivity index (χ2v) is 7.71. The minimum atomic E-state index is -0.997. The van der Waals surface area contributed by atoms with Gasteiger partial charge in [0.05, 0.1) is 24.6 Å². The number of hydrogen-bond donors (Lipinski definition) is 3. The van der Waals surface area contributed by atoms with E-state index in [0.717, 1.165) is 0 Å². The number of hydrogen-bond acceptors (Lipinski definition) is 6. The first-order valence-corrected chi connectivity index (χ1v) is 9.06. The predicted molar refractivity (Wildman–Crippen MR) is 100 cm³/mol. The zero-order valence-corrected chi connectivity index (χ0v) is 15.8. The summed E-state index contributed by atoms with van der Waals surface area (Å²) in [5.74, 6) is -2.79. The fourth-order valence-electron chi connectivity index (χ4n) is 3.20. The zero-order chi connectivity index (χ0) is 19.8. The van der Waals surface area contributed by atoms with E-state index in [9.17, 15) is 19.5 Å². The van der Waals surface area contributed by atoms with E-state index < -0.39 is 29.1 Å². The van der Waals surface area contributed by atoms with E-state index in [2.05, 4.69) is 15.6 Å².